The highest BCUT2D eigenvalue weighted by molar-refractivity contribution is 6.20. The molecule has 0 spiro atoms. The lowest BCUT2D eigenvalue weighted by molar-refractivity contribution is -0.136. The molecule has 1 saturated carbocycles. The number of aromatic hydroxyl groups is 1. The zero-order chi connectivity index (χ0) is 21.1. The minimum absolute atomic E-state index is 0.0894. The molecular formula is C21H28N4O4. The molecule has 1 fully saturated rings. The smallest absolute Gasteiger partial charge is 0.279 e. The summed E-state index contributed by atoms with van der Waals surface area (Å²) in [6, 6.07) is 4.81. The van der Waals surface area contributed by atoms with E-state index in [0.717, 1.165) is 30.6 Å². The summed E-state index contributed by atoms with van der Waals surface area (Å²) < 4.78 is 0. The summed E-state index contributed by atoms with van der Waals surface area (Å²) in [5.41, 5.74) is 0.618. The molecule has 8 nitrogen and oxygen atoms in total. The number of hydrogen-bond donors (Lipinski definition) is 3. The lowest BCUT2D eigenvalue weighted by atomic mass is 10.1. The van der Waals surface area contributed by atoms with E-state index in [9.17, 15) is 19.5 Å². The van der Waals surface area contributed by atoms with Crippen LogP contribution in [0.4, 0.5) is 5.69 Å². The van der Waals surface area contributed by atoms with Gasteiger partial charge in [0.2, 0.25) is 0 Å². The second kappa shape index (κ2) is 8.55. The van der Waals surface area contributed by atoms with Gasteiger partial charge in [0.1, 0.15) is 11.4 Å². The van der Waals surface area contributed by atoms with Crippen molar-refractivity contribution in [3.05, 3.63) is 35.2 Å². The van der Waals surface area contributed by atoms with E-state index in [0.29, 0.717) is 0 Å². The number of likely N-dealkylation sites (N-methyl/N-ethyl adjacent to an activating group) is 1. The minimum atomic E-state index is -0.477. The Morgan fingerprint density at radius 3 is 2.31 bits per heavy atom. The normalized spacial score (nSPS) is 18.1. The molecule has 2 aliphatic rings. The van der Waals surface area contributed by atoms with Crippen LogP contribution in [0.25, 0.3) is 0 Å². The Balaban J connectivity index is 1.92. The van der Waals surface area contributed by atoms with E-state index in [1.807, 2.05) is 0 Å². The van der Waals surface area contributed by atoms with E-state index < -0.39 is 11.8 Å². The van der Waals surface area contributed by atoms with Crippen molar-refractivity contribution in [2.24, 2.45) is 0 Å². The Hall–Kier alpha value is -3.03. The first-order valence-electron chi connectivity index (χ1n) is 9.95. The van der Waals surface area contributed by atoms with E-state index in [4.69, 9.17) is 0 Å². The van der Waals surface area contributed by atoms with Crippen molar-refractivity contribution in [2.75, 3.05) is 26.5 Å². The second-order valence-corrected chi connectivity index (χ2v) is 7.78. The summed E-state index contributed by atoms with van der Waals surface area (Å²) in [4.78, 5) is 40.0. The predicted molar refractivity (Wildman–Crippen MR) is 109 cm³/mol. The number of hydrogen-bond acceptors (Lipinski definition) is 6. The van der Waals surface area contributed by atoms with Gasteiger partial charge in [0.25, 0.3) is 17.7 Å². The number of phenolic OH excluding ortho intramolecular Hbond substituents is 1. The van der Waals surface area contributed by atoms with Gasteiger partial charge in [-0.15, -0.1) is 0 Å². The number of benzene rings is 1. The molecule has 3 N–H and O–H groups in total. The van der Waals surface area contributed by atoms with Crippen LogP contribution in [-0.2, 0) is 9.59 Å². The van der Waals surface area contributed by atoms with Gasteiger partial charge in [-0.1, -0.05) is 31.7 Å². The summed E-state index contributed by atoms with van der Waals surface area (Å²) in [6.07, 6.45) is 6.41. The number of nitrogens with one attached hydrogen (secondary N) is 2. The maximum Gasteiger partial charge on any atom is 0.279 e. The SMILES string of the molecule is CN(C)C(=O)c1cccc(NC2=C(NC3CCCCCC3)C(=O)N(C)C2=O)c1O. The van der Waals surface area contributed by atoms with E-state index in [2.05, 4.69) is 10.6 Å². The number of carbonyl (C=O) groups excluding carboxylic acids is 3. The van der Waals surface area contributed by atoms with Crippen LogP contribution in [-0.4, -0.2) is 59.8 Å². The van der Waals surface area contributed by atoms with Gasteiger partial charge < -0.3 is 20.6 Å². The van der Waals surface area contributed by atoms with Crippen molar-refractivity contribution in [3.63, 3.8) is 0 Å². The molecule has 0 aromatic heterocycles. The van der Waals surface area contributed by atoms with Crippen LogP contribution in [0.3, 0.4) is 0 Å². The van der Waals surface area contributed by atoms with Gasteiger partial charge in [-0.3, -0.25) is 19.3 Å². The third kappa shape index (κ3) is 4.21. The van der Waals surface area contributed by atoms with Gasteiger partial charge in [-0.05, 0) is 25.0 Å². The van der Waals surface area contributed by atoms with Crippen LogP contribution >= 0.6 is 0 Å². The molecular weight excluding hydrogens is 372 g/mol. The summed E-state index contributed by atoms with van der Waals surface area (Å²) >= 11 is 0. The van der Waals surface area contributed by atoms with Crippen molar-refractivity contribution < 1.29 is 19.5 Å². The molecule has 8 heteroatoms. The monoisotopic (exact) mass is 400 g/mol. The fourth-order valence-electron chi connectivity index (χ4n) is 3.71. The van der Waals surface area contributed by atoms with Crippen molar-refractivity contribution in [3.8, 4) is 5.75 Å². The van der Waals surface area contributed by atoms with E-state index in [1.165, 1.54) is 30.9 Å². The predicted octanol–water partition coefficient (Wildman–Crippen LogP) is 2.03. The molecule has 1 aliphatic carbocycles. The molecule has 0 unspecified atom stereocenters. The molecule has 156 valence electrons. The van der Waals surface area contributed by atoms with E-state index in [1.54, 1.807) is 26.2 Å². The molecule has 1 aromatic rings. The molecule has 1 aromatic carbocycles. The molecule has 0 radical (unpaired) electrons. The van der Waals surface area contributed by atoms with Gasteiger partial charge in [0.15, 0.2) is 5.75 Å². The van der Waals surface area contributed by atoms with Crippen LogP contribution in [0, 0.1) is 0 Å². The number of para-hydroxylation sites is 1. The fourth-order valence-corrected chi connectivity index (χ4v) is 3.71. The van der Waals surface area contributed by atoms with Crippen LogP contribution in [0.15, 0.2) is 29.6 Å². The molecule has 0 bridgehead atoms. The van der Waals surface area contributed by atoms with Crippen molar-refractivity contribution in [1.29, 1.82) is 0 Å². The molecule has 1 heterocycles. The highest BCUT2D eigenvalue weighted by Gasteiger charge is 2.37. The molecule has 29 heavy (non-hydrogen) atoms. The highest BCUT2D eigenvalue weighted by atomic mass is 16.3. The van der Waals surface area contributed by atoms with Gasteiger partial charge >= 0.3 is 0 Å². The number of rotatable bonds is 5. The largest absolute Gasteiger partial charge is 0.505 e. The van der Waals surface area contributed by atoms with Crippen LogP contribution in [0.2, 0.25) is 0 Å². The number of phenols is 1. The molecule has 0 saturated heterocycles. The maximum atomic E-state index is 12.7. The number of nitrogens with zero attached hydrogens (tertiary/aromatic N) is 2. The fraction of sp³-hybridized carbons (Fsp3) is 0.476. The first-order valence-corrected chi connectivity index (χ1v) is 9.95. The standard InChI is InChI=1S/C21H28N4O4/c1-24(2)19(27)14-11-8-12-15(18(14)26)23-17-16(20(28)25(3)21(17)29)22-13-9-6-4-5-7-10-13/h8,11-13,22-23,26H,4-7,9-10H2,1-3H3. The maximum absolute atomic E-state index is 12.7. The quantitative estimate of drug-likeness (QED) is 0.397. The third-order valence-corrected chi connectivity index (χ3v) is 5.42. The van der Waals surface area contributed by atoms with Gasteiger partial charge in [-0.25, -0.2) is 0 Å². The Bertz CT molecular complexity index is 854. The van der Waals surface area contributed by atoms with Gasteiger partial charge in [-0.2, -0.15) is 0 Å². The Morgan fingerprint density at radius 1 is 1.07 bits per heavy atom. The molecule has 3 amide bonds. The van der Waals surface area contributed by atoms with Crippen molar-refractivity contribution in [2.45, 2.75) is 44.6 Å². The van der Waals surface area contributed by atoms with E-state index >= 15 is 0 Å². The zero-order valence-electron chi connectivity index (χ0n) is 17.1. The zero-order valence-corrected chi connectivity index (χ0v) is 17.1. The lowest BCUT2D eigenvalue weighted by Gasteiger charge is -2.19. The average Bonchev–Trinajstić information content (AvgIpc) is 2.90. The van der Waals surface area contributed by atoms with Gasteiger partial charge in [0.05, 0.1) is 11.3 Å². The lowest BCUT2D eigenvalue weighted by Crippen LogP contribution is -2.34. The van der Waals surface area contributed by atoms with Crippen molar-refractivity contribution in [1.82, 2.24) is 15.1 Å². The van der Waals surface area contributed by atoms with Crippen LogP contribution in [0.5, 0.6) is 5.75 Å². The number of amides is 3. The molecule has 1 aliphatic heterocycles. The number of anilines is 1. The Kier molecular flexibility index (Phi) is 6.10. The molecule has 3 rings (SSSR count). The highest BCUT2D eigenvalue weighted by Crippen LogP contribution is 2.31. The summed E-state index contributed by atoms with van der Waals surface area (Å²) in [6.45, 7) is 0. The summed E-state index contributed by atoms with van der Waals surface area (Å²) in [5.74, 6) is -1.50. The van der Waals surface area contributed by atoms with Gasteiger partial charge in [0, 0.05) is 27.2 Å². The number of imide groups is 1. The first kappa shape index (κ1) is 20.7. The number of carbonyl (C=O) groups is 3. The summed E-state index contributed by atoms with van der Waals surface area (Å²) in [5, 5.41) is 16.7. The van der Waals surface area contributed by atoms with Crippen LogP contribution < -0.4 is 10.6 Å². The first-order chi connectivity index (χ1) is 13.8. The van der Waals surface area contributed by atoms with Crippen LogP contribution in [0.1, 0.15) is 48.9 Å². The average molecular weight is 400 g/mol. The second-order valence-electron chi connectivity index (χ2n) is 7.78. The Morgan fingerprint density at radius 2 is 1.69 bits per heavy atom. The third-order valence-electron chi connectivity index (χ3n) is 5.42. The topological polar surface area (TPSA) is 102 Å². The van der Waals surface area contributed by atoms with E-state index in [-0.39, 0.29) is 40.3 Å². The summed E-state index contributed by atoms with van der Waals surface area (Å²) in [7, 11) is 4.61. The van der Waals surface area contributed by atoms with Crippen molar-refractivity contribution >= 4 is 23.4 Å². The minimum Gasteiger partial charge on any atom is -0.505 e. The Labute approximate surface area is 170 Å². The molecule has 0 atom stereocenters.